The van der Waals surface area contributed by atoms with Crippen LogP contribution in [0.15, 0.2) is 22.7 Å². The van der Waals surface area contributed by atoms with Gasteiger partial charge >= 0.3 is 0 Å². The van der Waals surface area contributed by atoms with E-state index in [2.05, 4.69) is 31.8 Å². The van der Waals surface area contributed by atoms with Crippen LogP contribution in [0.5, 0.6) is 0 Å². The predicted octanol–water partition coefficient (Wildman–Crippen LogP) is 1.64. The van der Waals surface area contributed by atoms with Gasteiger partial charge in [0, 0.05) is 42.4 Å². The Morgan fingerprint density at radius 3 is 2.76 bits per heavy atom. The van der Waals surface area contributed by atoms with Crippen LogP contribution >= 0.6 is 15.9 Å². The fourth-order valence-electron chi connectivity index (χ4n) is 3.24. The zero-order valence-corrected chi connectivity index (χ0v) is 13.6. The average Bonchev–Trinajstić information content (AvgIpc) is 2.97. The number of rotatable bonds is 3. The Labute approximate surface area is 133 Å². The molecule has 2 fully saturated rings. The number of nitrogens with two attached hydrogens (primary N) is 1. The number of halogens is 1. The topological polar surface area (TPSA) is 65.6 Å². The van der Waals surface area contributed by atoms with E-state index in [9.17, 15) is 0 Å². The largest absolute Gasteiger partial charge is 0.384 e. The molecule has 2 heterocycles. The molecule has 2 aliphatic rings. The molecule has 0 aromatic heterocycles. The van der Waals surface area contributed by atoms with Crippen molar-refractivity contribution in [1.29, 1.82) is 5.41 Å². The molecule has 1 aromatic rings. The van der Waals surface area contributed by atoms with Gasteiger partial charge in [-0.15, -0.1) is 0 Å². The monoisotopic (exact) mass is 352 g/mol. The van der Waals surface area contributed by atoms with Gasteiger partial charge in [-0.25, -0.2) is 0 Å². The second kappa shape index (κ2) is 6.34. The Kier molecular flexibility index (Phi) is 4.47. The highest BCUT2D eigenvalue weighted by Gasteiger charge is 2.30. The molecular weight excluding hydrogens is 332 g/mol. The van der Waals surface area contributed by atoms with Gasteiger partial charge in [0.05, 0.1) is 18.8 Å². The first-order valence-corrected chi connectivity index (χ1v) is 8.16. The van der Waals surface area contributed by atoms with Crippen molar-refractivity contribution in [1.82, 2.24) is 4.90 Å². The quantitative estimate of drug-likeness (QED) is 0.641. The Morgan fingerprint density at radius 2 is 2.05 bits per heavy atom. The minimum absolute atomic E-state index is 0.118. The molecule has 0 aliphatic carbocycles. The van der Waals surface area contributed by atoms with Crippen molar-refractivity contribution in [3.63, 3.8) is 0 Å². The molecule has 0 radical (unpaired) electrons. The Hall–Kier alpha value is -1.11. The lowest BCUT2D eigenvalue weighted by molar-refractivity contribution is 0.0209. The van der Waals surface area contributed by atoms with Crippen LogP contribution < -0.4 is 10.6 Å². The lowest BCUT2D eigenvalue weighted by Gasteiger charge is -2.32. The molecule has 114 valence electrons. The van der Waals surface area contributed by atoms with E-state index in [1.54, 1.807) is 0 Å². The van der Waals surface area contributed by atoms with Gasteiger partial charge in [-0.3, -0.25) is 10.3 Å². The highest BCUT2D eigenvalue weighted by atomic mass is 79.9. The van der Waals surface area contributed by atoms with E-state index in [1.165, 1.54) is 0 Å². The fraction of sp³-hybridized carbons (Fsp3) is 0.533. The summed E-state index contributed by atoms with van der Waals surface area (Å²) in [6.45, 7) is 5.74. The summed E-state index contributed by atoms with van der Waals surface area (Å²) >= 11 is 3.51. The summed E-state index contributed by atoms with van der Waals surface area (Å²) in [7, 11) is 0. The number of nitrogens with zero attached hydrogens (tertiary/aromatic N) is 2. The SMILES string of the molecule is N=C(N)c1c(Br)cccc1N1CCC(N2CCOCC2)C1. The molecule has 0 saturated carbocycles. The first-order valence-electron chi connectivity index (χ1n) is 7.36. The zero-order chi connectivity index (χ0) is 14.8. The number of hydrogen-bond acceptors (Lipinski definition) is 4. The smallest absolute Gasteiger partial charge is 0.126 e. The molecule has 6 heteroatoms. The molecule has 0 amide bonds. The lowest BCUT2D eigenvalue weighted by Crippen LogP contribution is -2.44. The van der Waals surface area contributed by atoms with Gasteiger partial charge in [0.15, 0.2) is 0 Å². The van der Waals surface area contributed by atoms with Crippen molar-refractivity contribution in [3.05, 3.63) is 28.2 Å². The first-order chi connectivity index (χ1) is 10.2. The van der Waals surface area contributed by atoms with Gasteiger partial charge < -0.3 is 15.4 Å². The van der Waals surface area contributed by atoms with Gasteiger partial charge in [-0.05, 0) is 34.5 Å². The molecule has 21 heavy (non-hydrogen) atoms. The van der Waals surface area contributed by atoms with Gasteiger partial charge in [0.1, 0.15) is 5.84 Å². The van der Waals surface area contributed by atoms with Crippen LogP contribution in [-0.4, -0.2) is 56.2 Å². The van der Waals surface area contributed by atoms with E-state index in [1.807, 2.05) is 12.1 Å². The summed E-state index contributed by atoms with van der Waals surface area (Å²) in [6.07, 6.45) is 1.16. The average molecular weight is 353 g/mol. The normalized spacial score (nSPS) is 23.5. The van der Waals surface area contributed by atoms with Crippen molar-refractivity contribution >= 4 is 27.5 Å². The third kappa shape index (κ3) is 3.07. The highest BCUT2D eigenvalue weighted by molar-refractivity contribution is 9.10. The molecule has 1 atom stereocenters. The number of hydrogen-bond donors (Lipinski definition) is 2. The number of amidine groups is 1. The van der Waals surface area contributed by atoms with Crippen LogP contribution in [-0.2, 0) is 4.74 Å². The Balaban J connectivity index is 1.77. The maximum atomic E-state index is 7.82. The maximum absolute atomic E-state index is 7.82. The zero-order valence-electron chi connectivity index (χ0n) is 12.0. The van der Waals surface area contributed by atoms with Gasteiger partial charge in [-0.1, -0.05) is 6.07 Å². The van der Waals surface area contributed by atoms with Crippen molar-refractivity contribution in [3.8, 4) is 0 Å². The first kappa shape index (κ1) is 14.8. The minimum atomic E-state index is 0.118. The summed E-state index contributed by atoms with van der Waals surface area (Å²) in [6, 6.07) is 6.58. The second-order valence-corrected chi connectivity index (χ2v) is 6.44. The molecule has 3 rings (SSSR count). The van der Waals surface area contributed by atoms with E-state index >= 15 is 0 Å². The van der Waals surface area contributed by atoms with E-state index in [0.29, 0.717) is 6.04 Å². The van der Waals surface area contributed by atoms with Gasteiger partial charge in [-0.2, -0.15) is 0 Å². The molecule has 2 aliphatic heterocycles. The molecule has 0 bridgehead atoms. The van der Waals surface area contributed by atoms with E-state index < -0.39 is 0 Å². The molecule has 0 spiro atoms. The molecule has 1 unspecified atom stereocenters. The standard InChI is InChI=1S/C15H21BrN4O/c16-12-2-1-3-13(14(12)15(17)18)20-5-4-11(10-20)19-6-8-21-9-7-19/h1-3,11H,4-10H2,(H3,17,18). The van der Waals surface area contributed by atoms with Crippen molar-refractivity contribution in [2.75, 3.05) is 44.3 Å². The van der Waals surface area contributed by atoms with Crippen LogP contribution in [0.4, 0.5) is 5.69 Å². The van der Waals surface area contributed by atoms with Crippen LogP contribution in [0, 0.1) is 5.41 Å². The van der Waals surface area contributed by atoms with E-state index in [0.717, 1.165) is 61.5 Å². The number of morpholine rings is 1. The molecule has 5 nitrogen and oxygen atoms in total. The van der Waals surface area contributed by atoms with Crippen molar-refractivity contribution in [2.45, 2.75) is 12.5 Å². The Morgan fingerprint density at radius 1 is 1.29 bits per heavy atom. The molecular formula is C15H21BrN4O. The second-order valence-electron chi connectivity index (χ2n) is 5.58. The summed E-state index contributed by atoms with van der Waals surface area (Å²) in [5, 5.41) is 7.82. The van der Waals surface area contributed by atoms with Crippen LogP contribution in [0.1, 0.15) is 12.0 Å². The van der Waals surface area contributed by atoms with Gasteiger partial charge in [0.25, 0.3) is 0 Å². The third-order valence-corrected chi connectivity index (χ3v) is 4.99. The number of benzene rings is 1. The van der Waals surface area contributed by atoms with Crippen molar-refractivity contribution in [2.24, 2.45) is 5.73 Å². The van der Waals surface area contributed by atoms with Crippen LogP contribution in [0.3, 0.4) is 0 Å². The number of nitrogen functional groups attached to an aromatic ring is 1. The van der Waals surface area contributed by atoms with Crippen LogP contribution in [0.2, 0.25) is 0 Å². The summed E-state index contributed by atoms with van der Waals surface area (Å²) < 4.78 is 6.32. The lowest BCUT2D eigenvalue weighted by atomic mass is 10.1. The summed E-state index contributed by atoms with van der Waals surface area (Å²) in [5.74, 6) is 0.118. The predicted molar refractivity (Wildman–Crippen MR) is 88.2 cm³/mol. The molecule has 2 saturated heterocycles. The van der Waals surface area contributed by atoms with E-state index in [4.69, 9.17) is 15.9 Å². The number of anilines is 1. The highest BCUT2D eigenvalue weighted by Crippen LogP contribution is 2.31. The minimum Gasteiger partial charge on any atom is -0.384 e. The Bertz CT molecular complexity index is 530. The van der Waals surface area contributed by atoms with Gasteiger partial charge in [0.2, 0.25) is 0 Å². The summed E-state index contributed by atoms with van der Waals surface area (Å²) in [5.41, 5.74) is 7.63. The number of nitrogens with one attached hydrogen (secondary N) is 1. The molecule has 3 N–H and O–H groups in total. The van der Waals surface area contributed by atoms with E-state index in [-0.39, 0.29) is 5.84 Å². The van der Waals surface area contributed by atoms with Crippen LogP contribution in [0.25, 0.3) is 0 Å². The van der Waals surface area contributed by atoms with Crippen molar-refractivity contribution < 1.29 is 4.74 Å². The molecule has 1 aromatic carbocycles. The third-order valence-electron chi connectivity index (χ3n) is 4.33. The number of ether oxygens (including phenoxy) is 1. The summed E-state index contributed by atoms with van der Waals surface area (Å²) in [4.78, 5) is 4.87. The maximum Gasteiger partial charge on any atom is 0.126 e. The fourth-order valence-corrected chi connectivity index (χ4v) is 3.81.